The average molecular weight is 516 g/mol. The number of carbonyl (C=O) groups is 2. The summed E-state index contributed by atoms with van der Waals surface area (Å²) in [6, 6.07) is 9.95. The lowest BCUT2D eigenvalue weighted by Crippen LogP contribution is -2.54. The third kappa shape index (κ3) is 8.99. The molecular weight excluding hydrogens is 468 g/mol. The summed E-state index contributed by atoms with van der Waals surface area (Å²) in [6.45, 7) is 16.5. The zero-order valence-corrected chi connectivity index (χ0v) is 23.9. The number of carbonyl (C=O) groups excluding carboxylic acids is 2. The van der Waals surface area contributed by atoms with Gasteiger partial charge in [-0.1, -0.05) is 44.2 Å². The van der Waals surface area contributed by atoms with E-state index in [0.29, 0.717) is 26.2 Å². The van der Waals surface area contributed by atoms with Gasteiger partial charge in [0.1, 0.15) is 17.9 Å². The van der Waals surface area contributed by atoms with Crippen LogP contribution in [0.25, 0.3) is 0 Å². The predicted octanol–water partition coefficient (Wildman–Crippen LogP) is 5.97. The lowest BCUT2D eigenvalue weighted by Gasteiger charge is -2.41. The van der Waals surface area contributed by atoms with Crippen molar-refractivity contribution in [3.8, 4) is 0 Å². The normalized spacial score (nSPS) is 24.2. The fourth-order valence-electron chi connectivity index (χ4n) is 5.34. The molecule has 3 rings (SSSR count). The van der Waals surface area contributed by atoms with Gasteiger partial charge in [-0.2, -0.15) is 0 Å². The molecule has 1 aromatic carbocycles. The van der Waals surface area contributed by atoms with Crippen molar-refractivity contribution in [1.82, 2.24) is 9.80 Å². The van der Waals surface area contributed by atoms with Crippen molar-refractivity contribution in [2.75, 3.05) is 19.7 Å². The first-order valence-electron chi connectivity index (χ1n) is 13.7. The van der Waals surface area contributed by atoms with E-state index in [2.05, 4.69) is 32.6 Å². The van der Waals surface area contributed by atoms with Gasteiger partial charge in [-0.3, -0.25) is 9.69 Å². The summed E-state index contributed by atoms with van der Waals surface area (Å²) in [5.41, 5.74) is 0.0596. The van der Waals surface area contributed by atoms with Gasteiger partial charge in [0, 0.05) is 25.6 Å². The minimum absolute atomic E-state index is 0.0868. The molecule has 7 heteroatoms. The Bertz CT molecular complexity index is 872. The molecule has 7 nitrogen and oxygen atoms in total. The van der Waals surface area contributed by atoms with Crippen molar-refractivity contribution in [2.24, 2.45) is 5.92 Å². The van der Waals surface area contributed by atoms with Crippen LogP contribution in [-0.4, -0.2) is 65.0 Å². The maximum atomic E-state index is 13.4. The zero-order chi connectivity index (χ0) is 27.2. The molecular formula is C30H47N2O5. The fourth-order valence-corrected chi connectivity index (χ4v) is 5.34. The maximum absolute atomic E-state index is 13.4. The Hall–Kier alpha value is -2.12. The largest absolute Gasteiger partial charge is 0.461 e. The molecule has 37 heavy (non-hydrogen) atoms. The van der Waals surface area contributed by atoms with E-state index >= 15 is 0 Å². The summed E-state index contributed by atoms with van der Waals surface area (Å²) < 4.78 is 17.5. The number of hydrogen-bond donors (Lipinski definition) is 0. The van der Waals surface area contributed by atoms with Crippen molar-refractivity contribution in [3.63, 3.8) is 0 Å². The van der Waals surface area contributed by atoms with Crippen LogP contribution in [0.2, 0.25) is 0 Å². The first-order chi connectivity index (χ1) is 17.3. The van der Waals surface area contributed by atoms with Crippen molar-refractivity contribution in [2.45, 2.75) is 111 Å². The van der Waals surface area contributed by atoms with Crippen LogP contribution in [0.1, 0.15) is 86.1 Å². The van der Waals surface area contributed by atoms with Gasteiger partial charge >= 0.3 is 12.1 Å². The lowest BCUT2D eigenvalue weighted by molar-refractivity contribution is -0.146. The molecule has 1 aliphatic carbocycles. The monoisotopic (exact) mass is 515 g/mol. The molecule has 0 spiro atoms. The molecule has 2 fully saturated rings. The number of esters is 1. The number of amides is 1. The predicted molar refractivity (Wildman–Crippen MR) is 145 cm³/mol. The van der Waals surface area contributed by atoms with E-state index in [1.807, 2.05) is 56.0 Å². The molecule has 1 atom stereocenters. The lowest BCUT2D eigenvalue weighted by atomic mass is 9.83. The number of benzene rings is 1. The smallest absolute Gasteiger partial charge is 0.410 e. The Morgan fingerprint density at radius 3 is 2.32 bits per heavy atom. The Morgan fingerprint density at radius 2 is 1.73 bits per heavy atom. The highest BCUT2D eigenvalue weighted by molar-refractivity contribution is 5.70. The highest BCUT2D eigenvalue weighted by Gasteiger charge is 2.43. The molecule has 1 unspecified atom stereocenters. The SMILES string of the molecule is C[C](C)CN1C(CN(C(=O)OC(C)(C)C)C2CCC(CC(=O)OCc3ccccc3)CC2)COC1(C)C. The second-order valence-corrected chi connectivity index (χ2v) is 12.4. The third-order valence-corrected chi connectivity index (χ3v) is 7.24. The van der Waals surface area contributed by atoms with Gasteiger partial charge < -0.3 is 19.1 Å². The molecule has 0 aromatic heterocycles. The summed E-state index contributed by atoms with van der Waals surface area (Å²) >= 11 is 0. The van der Waals surface area contributed by atoms with Gasteiger partial charge in [0.25, 0.3) is 0 Å². The summed E-state index contributed by atoms with van der Waals surface area (Å²) in [6.07, 6.45) is 3.65. The molecule has 1 radical (unpaired) electrons. The van der Waals surface area contributed by atoms with Crippen LogP contribution in [-0.2, 0) is 25.6 Å². The molecule has 1 amide bonds. The highest BCUT2D eigenvalue weighted by atomic mass is 16.6. The summed E-state index contributed by atoms with van der Waals surface area (Å²) in [4.78, 5) is 30.1. The van der Waals surface area contributed by atoms with Crippen LogP contribution >= 0.6 is 0 Å². The summed E-state index contributed by atoms with van der Waals surface area (Å²) in [7, 11) is 0. The number of nitrogens with zero attached hydrogens (tertiary/aromatic N) is 2. The van der Waals surface area contributed by atoms with Gasteiger partial charge in [0.2, 0.25) is 0 Å². The molecule has 1 aliphatic heterocycles. The second-order valence-electron chi connectivity index (χ2n) is 12.4. The van der Waals surface area contributed by atoms with Gasteiger partial charge in [0.15, 0.2) is 0 Å². The van der Waals surface area contributed by atoms with Gasteiger partial charge in [0.05, 0.1) is 12.6 Å². The Labute approximate surface area is 223 Å². The standard InChI is InChI=1S/C30H47N2O5/c1-22(2)18-32-26(21-36-30(32,6)7)19-31(28(34)37-29(3,4)5)25-15-13-23(14-16-25)17-27(33)35-20-24-11-9-8-10-12-24/h8-12,23,25-26H,13-21H2,1-7H3. The quantitative estimate of drug-likeness (QED) is 0.378. The number of rotatable bonds is 9. The second kappa shape index (κ2) is 12.6. The minimum atomic E-state index is -0.562. The average Bonchev–Trinajstić information content (AvgIpc) is 3.09. The molecule has 1 saturated carbocycles. The highest BCUT2D eigenvalue weighted by Crippen LogP contribution is 2.34. The fraction of sp³-hybridized carbons (Fsp3) is 0.700. The van der Waals surface area contributed by atoms with E-state index in [-0.39, 0.29) is 35.8 Å². The molecule has 0 bridgehead atoms. The Morgan fingerprint density at radius 1 is 1.08 bits per heavy atom. The van der Waals surface area contributed by atoms with E-state index in [0.717, 1.165) is 37.8 Å². The Kier molecular flexibility index (Phi) is 10.0. The van der Waals surface area contributed by atoms with Crippen LogP contribution in [0, 0.1) is 11.8 Å². The molecule has 1 heterocycles. The van der Waals surface area contributed by atoms with Crippen LogP contribution in [0.5, 0.6) is 0 Å². The third-order valence-electron chi connectivity index (χ3n) is 7.24. The van der Waals surface area contributed by atoms with Crippen LogP contribution in [0.4, 0.5) is 4.79 Å². The molecule has 0 N–H and O–H groups in total. The van der Waals surface area contributed by atoms with E-state index in [1.54, 1.807) is 0 Å². The van der Waals surface area contributed by atoms with Crippen molar-refractivity contribution in [3.05, 3.63) is 41.8 Å². The van der Waals surface area contributed by atoms with Crippen LogP contribution < -0.4 is 0 Å². The molecule has 1 aromatic rings. The summed E-state index contributed by atoms with van der Waals surface area (Å²) in [5, 5.41) is 0. The van der Waals surface area contributed by atoms with Gasteiger partial charge in [-0.15, -0.1) is 0 Å². The maximum Gasteiger partial charge on any atom is 0.410 e. The van der Waals surface area contributed by atoms with E-state index in [1.165, 1.54) is 5.92 Å². The number of hydrogen-bond acceptors (Lipinski definition) is 6. The molecule has 2 aliphatic rings. The first kappa shape index (κ1) is 29.4. The van der Waals surface area contributed by atoms with Crippen molar-refractivity contribution >= 4 is 12.1 Å². The van der Waals surface area contributed by atoms with E-state index in [9.17, 15) is 9.59 Å². The minimum Gasteiger partial charge on any atom is -0.461 e. The van der Waals surface area contributed by atoms with Crippen LogP contribution in [0.15, 0.2) is 30.3 Å². The summed E-state index contributed by atoms with van der Waals surface area (Å²) in [5.74, 6) is 1.44. The number of ether oxygens (including phenoxy) is 3. The van der Waals surface area contributed by atoms with E-state index < -0.39 is 5.60 Å². The van der Waals surface area contributed by atoms with Gasteiger partial charge in [-0.05, 0) is 77.7 Å². The molecule has 207 valence electrons. The topological polar surface area (TPSA) is 68.3 Å². The first-order valence-corrected chi connectivity index (χ1v) is 13.7. The van der Waals surface area contributed by atoms with Crippen molar-refractivity contribution in [1.29, 1.82) is 0 Å². The van der Waals surface area contributed by atoms with Crippen LogP contribution in [0.3, 0.4) is 0 Å². The molecule has 1 saturated heterocycles. The van der Waals surface area contributed by atoms with Gasteiger partial charge in [-0.25, -0.2) is 4.79 Å². The van der Waals surface area contributed by atoms with Crippen molar-refractivity contribution < 1.29 is 23.8 Å². The zero-order valence-electron chi connectivity index (χ0n) is 23.9. The van der Waals surface area contributed by atoms with E-state index in [4.69, 9.17) is 14.2 Å². The Balaban J connectivity index is 1.60.